The number of alkyl halides is 3. The molecule has 2 fully saturated rings. The van der Waals surface area contributed by atoms with Crippen molar-refractivity contribution >= 4 is 23.6 Å². The molecular weight excluding hydrogens is 433 g/mol. The highest BCUT2D eigenvalue weighted by Gasteiger charge is 2.48. The van der Waals surface area contributed by atoms with Gasteiger partial charge < -0.3 is 9.64 Å². The zero-order valence-electron chi connectivity index (χ0n) is 16.5. The first kappa shape index (κ1) is 21.5. The smallest absolute Gasteiger partial charge is 0.416 e. The van der Waals surface area contributed by atoms with E-state index in [2.05, 4.69) is 0 Å². The van der Waals surface area contributed by atoms with E-state index in [4.69, 9.17) is 16.3 Å². The Kier molecular flexibility index (Phi) is 5.60. The van der Waals surface area contributed by atoms with Crippen molar-refractivity contribution in [1.82, 2.24) is 9.80 Å². The van der Waals surface area contributed by atoms with Crippen LogP contribution in [0, 0.1) is 0 Å². The van der Waals surface area contributed by atoms with E-state index in [0.29, 0.717) is 36.5 Å². The molecule has 0 atom stereocenters. The van der Waals surface area contributed by atoms with Crippen molar-refractivity contribution < 1.29 is 27.5 Å². The van der Waals surface area contributed by atoms with Crippen LogP contribution in [0.25, 0.3) is 0 Å². The van der Waals surface area contributed by atoms with Gasteiger partial charge in [-0.1, -0.05) is 41.9 Å². The van der Waals surface area contributed by atoms with E-state index in [1.54, 1.807) is 29.2 Å². The van der Waals surface area contributed by atoms with Crippen molar-refractivity contribution in [2.45, 2.75) is 31.2 Å². The molecule has 164 valence electrons. The molecule has 0 aliphatic carbocycles. The summed E-state index contributed by atoms with van der Waals surface area (Å²) >= 11 is 6.12. The van der Waals surface area contributed by atoms with Crippen LogP contribution >= 0.6 is 11.6 Å². The van der Waals surface area contributed by atoms with Gasteiger partial charge in [0.05, 0.1) is 22.7 Å². The molecule has 2 saturated heterocycles. The maximum absolute atomic E-state index is 13.3. The Morgan fingerprint density at radius 3 is 2.39 bits per heavy atom. The topological polar surface area (TPSA) is 49.9 Å². The van der Waals surface area contributed by atoms with Crippen molar-refractivity contribution in [3.05, 3.63) is 70.2 Å². The van der Waals surface area contributed by atoms with Gasteiger partial charge in [0, 0.05) is 32.5 Å². The summed E-state index contributed by atoms with van der Waals surface area (Å²) in [4.78, 5) is 28.1. The fourth-order valence-electron chi connectivity index (χ4n) is 4.14. The molecule has 0 radical (unpaired) electrons. The van der Waals surface area contributed by atoms with Crippen molar-refractivity contribution in [2.75, 3.05) is 19.6 Å². The average molecular weight is 453 g/mol. The number of carbonyl (C=O) groups is 2. The van der Waals surface area contributed by atoms with E-state index in [0.717, 1.165) is 6.07 Å². The number of nitrogens with zero attached hydrogens (tertiary/aromatic N) is 2. The molecule has 2 aromatic carbocycles. The third kappa shape index (κ3) is 4.35. The van der Waals surface area contributed by atoms with Gasteiger partial charge in [0.2, 0.25) is 0 Å². The normalized spacial score (nSPS) is 18.4. The first-order valence-electron chi connectivity index (χ1n) is 9.85. The van der Waals surface area contributed by atoms with E-state index >= 15 is 0 Å². The molecule has 0 N–H and O–H groups in total. The fourth-order valence-corrected chi connectivity index (χ4v) is 4.35. The Hall–Kier alpha value is -2.74. The van der Waals surface area contributed by atoms with E-state index in [1.165, 1.54) is 23.1 Å². The maximum Gasteiger partial charge on any atom is 0.416 e. The minimum absolute atomic E-state index is 0.0235. The lowest BCUT2D eigenvalue weighted by Crippen LogP contribution is -2.48. The summed E-state index contributed by atoms with van der Waals surface area (Å²) in [6.07, 6.45) is -4.32. The Labute approximate surface area is 182 Å². The second-order valence-electron chi connectivity index (χ2n) is 7.83. The number of carbonyl (C=O) groups excluding carboxylic acids is 2. The maximum atomic E-state index is 13.3. The van der Waals surface area contributed by atoms with Gasteiger partial charge in [0.1, 0.15) is 5.60 Å². The Balaban J connectivity index is 1.43. The highest BCUT2D eigenvalue weighted by molar-refractivity contribution is 6.33. The summed E-state index contributed by atoms with van der Waals surface area (Å²) in [5, 5.41) is 0.370. The molecular formula is C22H20ClF3N2O3. The lowest BCUT2D eigenvalue weighted by atomic mass is 9.91. The molecule has 2 amide bonds. The van der Waals surface area contributed by atoms with Crippen LogP contribution in [0.2, 0.25) is 5.02 Å². The van der Waals surface area contributed by atoms with Gasteiger partial charge in [-0.2, -0.15) is 13.2 Å². The molecule has 5 nitrogen and oxygen atoms in total. The minimum atomic E-state index is -4.50. The lowest BCUT2D eigenvalue weighted by Gasteiger charge is -2.37. The number of hydrogen-bond donors (Lipinski definition) is 0. The number of hydrogen-bond acceptors (Lipinski definition) is 3. The summed E-state index contributed by atoms with van der Waals surface area (Å²) in [5.41, 5.74) is -1.13. The van der Waals surface area contributed by atoms with Crippen molar-refractivity contribution in [1.29, 1.82) is 0 Å². The van der Waals surface area contributed by atoms with Gasteiger partial charge >= 0.3 is 12.3 Å². The molecule has 0 saturated carbocycles. The minimum Gasteiger partial charge on any atom is -0.441 e. The number of likely N-dealkylation sites (tertiary alicyclic amines) is 1. The van der Waals surface area contributed by atoms with E-state index in [9.17, 15) is 22.8 Å². The third-order valence-electron chi connectivity index (χ3n) is 5.79. The highest BCUT2D eigenvalue weighted by Crippen LogP contribution is 2.37. The van der Waals surface area contributed by atoms with Crippen LogP contribution in [0.5, 0.6) is 0 Å². The van der Waals surface area contributed by atoms with Crippen molar-refractivity contribution in [2.24, 2.45) is 0 Å². The largest absolute Gasteiger partial charge is 0.441 e. The molecule has 2 aliphatic rings. The summed E-state index contributed by atoms with van der Waals surface area (Å²) in [6.45, 7) is 0.735. The van der Waals surface area contributed by atoms with Crippen LogP contribution in [-0.4, -0.2) is 47.0 Å². The summed E-state index contributed by atoms with van der Waals surface area (Å²) in [7, 11) is 0. The van der Waals surface area contributed by atoms with Crippen LogP contribution in [0.1, 0.15) is 34.3 Å². The molecule has 0 aromatic heterocycles. The molecule has 2 aliphatic heterocycles. The van der Waals surface area contributed by atoms with E-state index < -0.39 is 23.4 Å². The number of piperidine rings is 1. The number of ether oxygens (including phenoxy) is 1. The van der Waals surface area contributed by atoms with Crippen LogP contribution in [-0.2, 0) is 17.5 Å². The number of benzene rings is 2. The number of amides is 2. The molecule has 4 rings (SSSR count). The monoisotopic (exact) mass is 452 g/mol. The Bertz CT molecular complexity index is 1000. The molecule has 0 unspecified atom stereocenters. The number of halogens is 4. The summed E-state index contributed by atoms with van der Waals surface area (Å²) < 4.78 is 45.4. The molecule has 1 spiro atoms. The zero-order chi connectivity index (χ0) is 22.2. The van der Waals surface area contributed by atoms with Gasteiger partial charge in [-0.15, -0.1) is 0 Å². The van der Waals surface area contributed by atoms with Gasteiger partial charge in [-0.25, -0.2) is 4.79 Å². The standard InChI is InChI=1S/C22H20ClF3N2O3/c23-18-8-4-2-6-16(18)19(29)27-11-9-21(10-12-27)14-28(20(30)31-21)13-15-5-1-3-7-17(15)22(24,25)26/h1-8H,9-14H2. The predicted molar refractivity (Wildman–Crippen MR) is 108 cm³/mol. The molecule has 31 heavy (non-hydrogen) atoms. The van der Waals surface area contributed by atoms with Crippen LogP contribution < -0.4 is 0 Å². The number of rotatable bonds is 3. The van der Waals surface area contributed by atoms with Crippen LogP contribution in [0.3, 0.4) is 0 Å². The van der Waals surface area contributed by atoms with Crippen molar-refractivity contribution in [3.63, 3.8) is 0 Å². The molecule has 9 heteroatoms. The molecule has 2 aromatic rings. The predicted octanol–water partition coefficient (Wildman–Crippen LogP) is 4.99. The van der Waals surface area contributed by atoms with Gasteiger partial charge in [-0.3, -0.25) is 9.69 Å². The third-order valence-corrected chi connectivity index (χ3v) is 6.12. The van der Waals surface area contributed by atoms with Gasteiger partial charge in [0.25, 0.3) is 5.91 Å². The van der Waals surface area contributed by atoms with Crippen LogP contribution in [0.4, 0.5) is 18.0 Å². The second kappa shape index (κ2) is 8.07. The highest BCUT2D eigenvalue weighted by atomic mass is 35.5. The Morgan fingerprint density at radius 1 is 1.06 bits per heavy atom. The summed E-state index contributed by atoms with van der Waals surface area (Å²) in [6, 6.07) is 12.0. The lowest BCUT2D eigenvalue weighted by molar-refractivity contribution is -0.138. The molecule has 0 bridgehead atoms. The average Bonchev–Trinajstić information content (AvgIpc) is 3.02. The van der Waals surface area contributed by atoms with E-state index in [-0.39, 0.29) is 24.6 Å². The Morgan fingerprint density at radius 2 is 1.71 bits per heavy atom. The molecule has 2 heterocycles. The quantitative estimate of drug-likeness (QED) is 0.659. The first-order chi connectivity index (χ1) is 14.7. The van der Waals surface area contributed by atoms with E-state index in [1.807, 2.05) is 0 Å². The van der Waals surface area contributed by atoms with Gasteiger partial charge in [0.15, 0.2) is 0 Å². The summed E-state index contributed by atoms with van der Waals surface area (Å²) in [5.74, 6) is -0.194. The second-order valence-corrected chi connectivity index (χ2v) is 8.24. The zero-order valence-corrected chi connectivity index (χ0v) is 17.2. The fraction of sp³-hybridized carbons (Fsp3) is 0.364. The SMILES string of the molecule is O=C1OC2(CCN(C(=O)c3ccccc3Cl)CC2)CN1Cc1ccccc1C(F)(F)F. The van der Waals surface area contributed by atoms with Crippen LogP contribution in [0.15, 0.2) is 48.5 Å². The first-order valence-corrected chi connectivity index (χ1v) is 10.2. The van der Waals surface area contributed by atoms with Crippen molar-refractivity contribution in [3.8, 4) is 0 Å². The van der Waals surface area contributed by atoms with Gasteiger partial charge in [-0.05, 0) is 23.8 Å².